The normalized spacial score (nSPS) is 13.5. The van der Waals surface area contributed by atoms with Crippen molar-refractivity contribution in [1.82, 2.24) is 5.32 Å². The molecule has 6 heteroatoms. The highest BCUT2D eigenvalue weighted by Gasteiger charge is 2.34. The van der Waals surface area contributed by atoms with Crippen LogP contribution in [0, 0.1) is 5.92 Å². The molecule has 0 heterocycles. The van der Waals surface area contributed by atoms with Gasteiger partial charge in [-0.3, -0.25) is 5.32 Å². The molecule has 0 fully saturated rings. The molecule has 1 rings (SSSR count). The molecule has 1 aromatic carbocycles. The summed E-state index contributed by atoms with van der Waals surface area (Å²) in [5, 5.41) is 15.8. The van der Waals surface area contributed by atoms with Gasteiger partial charge < -0.3 is 5.11 Å². The molecule has 0 aromatic heterocycles. The van der Waals surface area contributed by atoms with E-state index >= 15 is 0 Å². The molecule has 114 valence electrons. The summed E-state index contributed by atoms with van der Waals surface area (Å²) in [5.41, 5.74) is 8.92. The van der Waals surface area contributed by atoms with Crippen molar-refractivity contribution in [3.05, 3.63) is 45.8 Å². The van der Waals surface area contributed by atoms with Gasteiger partial charge in [0.1, 0.15) is 5.54 Å². The molecule has 0 bridgehead atoms. The van der Waals surface area contributed by atoms with Crippen LogP contribution in [0.15, 0.2) is 29.4 Å². The fourth-order valence-electron chi connectivity index (χ4n) is 2.15. The number of carboxylic acids is 1. The minimum Gasteiger partial charge on any atom is -0.480 e. The smallest absolute Gasteiger partial charge is 0.328 e. The first-order valence-corrected chi connectivity index (χ1v) is 6.99. The molecule has 0 aliphatic carbocycles. The van der Waals surface area contributed by atoms with Gasteiger partial charge in [0.25, 0.3) is 0 Å². The van der Waals surface area contributed by atoms with E-state index in [1.807, 2.05) is 24.3 Å². The lowest BCUT2D eigenvalue weighted by Crippen LogP contribution is -2.47. The van der Waals surface area contributed by atoms with Gasteiger partial charge >= 0.3 is 5.97 Å². The van der Waals surface area contributed by atoms with Crippen molar-refractivity contribution in [3.63, 3.8) is 0 Å². The summed E-state index contributed by atoms with van der Waals surface area (Å²) >= 11 is 0. The first kappa shape index (κ1) is 17.0. The van der Waals surface area contributed by atoms with Crippen LogP contribution in [-0.2, 0) is 16.8 Å². The van der Waals surface area contributed by atoms with Gasteiger partial charge in [0.15, 0.2) is 0 Å². The summed E-state index contributed by atoms with van der Waals surface area (Å²) < 4.78 is 0. The maximum atomic E-state index is 11.6. The SMILES string of the molecule is CC(C)Cc1ccc(C(C)(NCCN=[N+]=[N-])C(=O)O)cc1. The van der Waals surface area contributed by atoms with Crippen LogP contribution in [0.1, 0.15) is 31.9 Å². The number of nitrogens with one attached hydrogen (secondary N) is 1. The monoisotopic (exact) mass is 290 g/mol. The summed E-state index contributed by atoms with van der Waals surface area (Å²) in [4.78, 5) is 14.2. The molecule has 2 N–H and O–H groups in total. The second-order valence-corrected chi connectivity index (χ2v) is 5.61. The maximum absolute atomic E-state index is 11.6. The first-order valence-electron chi connectivity index (χ1n) is 6.99. The van der Waals surface area contributed by atoms with Gasteiger partial charge in [-0.1, -0.05) is 43.2 Å². The van der Waals surface area contributed by atoms with E-state index in [9.17, 15) is 9.90 Å². The quantitative estimate of drug-likeness (QED) is 0.333. The third-order valence-corrected chi connectivity index (χ3v) is 3.36. The van der Waals surface area contributed by atoms with E-state index in [1.165, 1.54) is 5.56 Å². The van der Waals surface area contributed by atoms with Gasteiger partial charge in [-0.05, 0) is 35.9 Å². The number of azide groups is 1. The predicted octanol–water partition coefficient (Wildman–Crippen LogP) is 3.08. The Morgan fingerprint density at radius 3 is 2.52 bits per heavy atom. The second kappa shape index (κ2) is 7.67. The predicted molar refractivity (Wildman–Crippen MR) is 82.0 cm³/mol. The Morgan fingerprint density at radius 2 is 2.05 bits per heavy atom. The van der Waals surface area contributed by atoms with Crippen LogP contribution in [0.2, 0.25) is 0 Å². The molecule has 0 saturated heterocycles. The van der Waals surface area contributed by atoms with Crippen LogP contribution in [0.5, 0.6) is 0 Å². The second-order valence-electron chi connectivity index (χ2n) is 5.61. The first-order chi connectivity index (χ1) is 9.90. The van der Waals surface area contributed by atoms with Crippen molar-refractivity contribution < 1.29 is 9.90 Å². The van der Waals surface area contributed by atoms with E-state index in [0.717, 1.165) is 6.42 Å². The average Bonchev–Trinajstić information content (AvgIpc) is 2.43. The molecule has 6 nitrogen and oxygen atoms in total. The molecule has 0 saturated carbocycles. The van der Waals surface area contributed by atoms with Crippen LogP contribution < -0.4 is 5.32 Å². The number of nitrogens with zero attached hydrogens (tertiary/aromatic N) is 3. The summed E-state index contributed by atoms with van der Waals surface area (Å²) in [5.74, 6) is -0.399. The number of hydrogen-bond acceptors (Lipinski definition) is 3. The fourth-order valence-corrected chi connectivity index (χ4v) is 2.15. The van der Waals surface area contributed by atoms with Gasteiger partial charge in [-0.25, -0.2) is 4.79 Å². The van der Waals surface area contributed by atoms with Crippen LogP contribution in [0.3, 0.4) is 0 Å². The zero-order chi connectivity index (χ0) is 15.9. The number of hydrogen-bond donors (Lipinski definition) is 2. The molecule has 1 unspecified atom stereocenters. The van der Waals surface area contributed by atoms with Crippen molar-refractivity contribution in [2.24, 2.45) is 11.0 Å². The highest BCUT2D eigenvalue weighted by molar-refractivity contribution is 5.80. The number of carbonyl (C=O) groups is 1. The Hall–Kier alpha value is -2.04. The lowest BCUT2D eigenvalue weighted by Gasteiger charge is -2.27. The Morgan fingerprint density at radius 1 is 1.43 bits per heavy atom. The minimum atomic E-state index is -1.19. The lowest BCUT2D eigenvalue weighted by molar-refractivity contribution is -0.144. The summed E-state index contributed by atoms with van der Waals surface area (Å²) in [6.45, 7) is 6.42. The number of benzene rings is 1. The van der Waals surface area contributed by atoms with Crippen LogP contribution in [-0.4, -0.2) is 24.2 Å². The van der Waals surface area contributed by atoms with Crippen LogP contribution in [0.4, 0.5) is 0 Å². The molecule has 1 atom stereocenters. The topological polar surface area (TPSA) is 98.1 Å². The number of carboxylic acid groups (broad SMARTS) is 1. The molecule has 0 radical (unpaired) electrons. The molecule has 0 spiro atoms. The molecule has 0 amide bonds. The minimum absolute atomic E-state index is 0.213. The maximum Gasteiger partial charge on any atom is 0.328 e. The van der Waals surface area contributed by atoms with E-state index in [0.29, 0.717) is 18.0 Å². The van der Waals surface area contributed by atoms with E-state index in [4.69, 9.17) is 5.53 Å². The third-order valence-electron chi connectivity index (χ3n) is 3.36. The molecule has 0 aliphatic heterocycles. The summed E-state index contributed by atoms with van der Waals surface area (Å²) in [6.07, 6.45) is 0.967. The van der Waals surface area contributed by atoms with Gasteiger partial charge in [0.05, 0.1) is 0 Å². The molecular formula is C15H22N4O2. The summed E-state index contributed by atoms with van der Waals surface area (Å²) in [7, 11) is 0. The Bertz CT molecular complexity index is 521. The van der Waals surface area contributed by atoms with Gasteiger partial charge in [-0.15, -0.1) is 0 Å². The van der Waals surface area contributed by atoms with Crippen molar-refractivity contribution >= 4 is 5.97 Å². The van der Waals surface area contributed by atoms with Gasteiger partial charge in [0, 0.05) is 18.0 Å². The Balaban J connectivity index is 2.88. The Labute approximate surface area is 124 Å². The standard InChI is InChI=1S/C15H22N4O2/c1-11(2)10-12-4-6-13(7-5-12)15(3,14(20)21)17-8-9-18-19-16/h4-7,11,17H,8-10H2,1-3H3,(H,20,21). The average molecular weight is 290 g/mol. The molecule has 1 aromatic rings. The zero-order valence-corrected chi connectivity index (χ0v) is 12.7. The fraction of sp³-hybridized carbons (Fsp3) is 0.533. The number of aliphatic carboxylic acids is 1. The van der Waals surface area contributed by atoms with Crippen molar-refractivity contribution in [1.29, 1.82) is 0 Å². The van der Waals surface area contributed by atoms with Crippen molar-refractivity contribution in [3.8, 4) is 0 Å². The van der Waals surface area contributed by atoms with E-state index in [-0.39, 0.29) is 6.54 Å². The Kier molecular flexibility index (Phi) is 6.21. The van der Waals surface area contributed by atoms with Crippen LogP contribution in [0.25, 0.3) is 10.4 Å². The molecule has 0 aliphatic rings. The lowest BCUT2D eigenvalue weighted by atomic mass is 9.90. The van der Waals surface area contributed by atoms with Crippen molar-refractivity contribution in [2.75, 3.05) is 13.1 Å². The third kappa shape index (κ3) is 4.77. The highest BCUT2D eigenvalue weighted by atomic mass is 16.4. The summed E-state index contributed by atoms with van der Waals surface area (Å²) in [6, 6.07) is 7.61. The van der Waals surface area contributed by atoms with E-state index in [2.05, 4.69) is 29.2 Å². The van der Waals surface area contributed by atoms with Crippen molar-refractivity contribution in [2.45, 2.75) is 32.7 Å². The zero-order valence-electron chi connectivity index (χ0n) is 12.7. The van der Waals surface area contributed by atoms with Gasteiger partial charge in [0.2, 0.25) is 0 Å². The van der Waals surface area contributed by atoms with Gasteiger partial charge in [-0.2, -0.15) is 0 Å². The van der Waals surface area contributed by atoms with E-state index < -0.39 is 11.5 Å². The van der Waals surface area contributed by atoms with Crippen LogP contribution >= 0.6 is 0 Å². The number of rotatable bonds is 8. The largest absolute Gasteiger partial charge is 0.480 e. The van der Waals surface area contributed by atoms with E-state index in [1.54, 1.807) is 6.92 Å². The molecular weight excluding hydrogens is 268 g/mol. The highest BCUT2D eigenvalue weighted by Crippen LogP contribution is 2.22. The molecule has 21 heavy (non-hydrogen) atoms.